The summed E-state index contributed by atoms with van der Waals surface area (Å²) in [6, 6.07) is 6.41. The van der Waals surface area contributed by atoms with Gasteiger partial charge in [-0.2, -0.15) is 0 Å². The Bertz CT molecular complexity index is 759. The molecule has 2 heterocycles. The molecule has 1 atom stereocenters. The van der Waals surface area contributed by atoms with Crippen LogP contribution < -0.4 is 0 Å². The Morgan fingerprint density at radius 1 is 1.40 bits per heavy atom. The van der Waals surface area contributed by atoms with Crippen molar-refractivity contribution in [2.45, 2.75) is 25.3 Å². The van der Waals surface area contributed by atoms with Crippen molar-refractivity contribution in [2.75, 3.05) is 27.2 Å². The number of benzene rings is 1. The third kappa shape index (κ3) is 4.05. The Hall–Kier alpha value is -1.85. The van der Waals surface area contributed by atoms with E-state index in [0.717, 1.165) is 42.8 Å². The van der Waals surface area contributed by atoms with Gasteiger partial charge >= 0.3 is 0 Å². The molecular weight excluding hydrogens is 341 g/mol. The third-order valence-electron chi connectivity index (χ3n) is 4.74. The molecule has 6 heteroatoms. The molecular formula is C19H23ClFN3O. The summed E-state index contributed by atoms with van der Waals surface area (Å²) in [6.07, 6.45) is 3.93. The fourth-order valence-corrected chi connectivity index (χ4v) is 3.70. The minimum atomic E-state index is -0.316. The fourth-order valence-electron chi connectivity index (χ4n) is 3.47. The minimum absolute atomic E-state index is 0.0231. The molecule has 1 saturated heterocycles. The van der Waals surface area contributed by atoms with Gasteiger partial charge in [0.25, 0.3) is 5.91 Å². The van der Waals surface area contributed by atoms with Crippen LogP contribution in [0.3, 0.4) is 0 Å². The topological polar surface area (TPSA) is 39.3 Å². The van der Waals surface area contributed by atoms with Crippen molar-refractivity contribution in [3.8, 4) is 0 Å². The molecule has 1 aromatic carbocycles. The standard InChI is InChI=1S/C19H23ClFN3O/c1-23(2)19(25)16-7-8-22-18(16)14-4-3-9-24(12-14)11-13-5-6-15(21)10-17(13)20/h5-8,10,14,22H,3-4,9,11-12H2,1-2H3/t14-/m0/s1. The van der Waals surface area contributed by atoms with Crippen LogP contribution in [0.25, 0.3) is 0 Å². The van der Waals surface area contributed by atoms with Gasteiger partial charge in [-0.1, -0.05) is 17.7 Å². The van der Waals surface area contributed by atoms with E-state index < -0.39 is 0 Å². The number of amides is 1. The second-order valence-corrected chi connectivity index (χ2v) is 7.22. The summed E-state index contributed by atoms with van der Waals surface area (Å²) in [5.41, 5.74) is 2.69. The van der Waals surface area contributed by atoms with Crippen molar-refractivity contribution in [3.05, 3.63) is 58.1 Å². The van der Waals surface area contributed by atoms with Gasteiger partial charge in [0.15, 0.2) is 0 Å². The number of nitrogens with one attached hydrogen (secondary N) is 1. The summed E-state index contributed by atoms with van der Waals surface area (Å²) >= 11 is 6.16. The lowest BCUT2D eigenvalue weighted by atomic mass is 9.92. The molecule has 3 rings (SSSR count). The van der Waals surface area contributed by atoms with E-state index in [1.54, 1.807) is 25.1 Å². The Morgan fingerprint density at radius 2 is 2.20 bits per heavy atom. The van der Waals surface area contributed by atoms with Crippen molar-refractivity contribution < 1.29 is 9.18 Å². The Balaban J connectivity index is 1.74. The van der Waals surface area contributed by atoms with Crippen molar-refractivity contribution in [2.24, 2.45) is 0 Å². The number of hydrogen-bond donors (Lipinski definition) is 1. The van der Waals surface area contributed by atoms with E-state index >= 15 is 0 Å². The number of aromatic amines is 1. The lowest BCUT2D eigenvalue weighted by Gasteiger charge is -2.33. The van der Waals surface area contributed by atoms with E-state index in [2.05, 4.69) is 9.88 Å². The summed E-state index contributed by atoms with van der Waals surface area (Å²) in [5.74, 6) is -0.0136. The highest BCUT2D eigenvalue weighted by atomic mass is 35.5. The molecule has 0 aliphatic carbocycles. The first-order chi connectivity index (χ1) is 12.0. The molecule has 0 bridgehead atoms. The van der Waals surface area contributed by atoms with E-state index in [0.29, 0.717) is 11.6 Å². The predicted molar refractivity (Wildman–Crippen MR) is 97.5 cm³/mol. The maximum Gasteiger partial charge on any atom is 0.255 e. The number of hydrogen-bond acceptors (Lipinski definition) is 2. The average molecular weight is 364 g/mol. The Kier molecular flexibility index (Phi) is 5.45. The second kappa shape index (κ2) is 7.58. The number of rotatable bonds is 4. The molecule has 1 aliphatic heterocycles. The third-order valence-corrected chi connectivity index (χ3v) is 5.09. The summed E-state index contributed by atoms with van der Waals surface area (Å²) < 4.78 is 13.2. The zero-order valence-electron chi connectivity index (χ0n) is 14.6. The van der Waals surface area contributed by atoms with Crippen LogP contribution in [0.1, 0.15) is 40.4 Å². The lowest BCUT2D eigenvalue weighted by molar-refractivity contribution is 0.0825. The molecule has 0 spiro atoms. The first-order valence-electron chi connectivity index (χ1n) is 8.51. The van der Waals surface area contributed by atoms with Crippen LogP contribution >= 0.6 is 11.6 Å². The molecule has 1 aromatic heterocycles. The van der Waals surface area contributed by atoms with Gasteiger partial charge in [0.2, 0.25) is 0 Å². The normalized spacial score (nSPS) is 18.3. The van der Waals surface area contributed by atoms with Crippen LogP contribution in [-0.2, 0) is 6.54 Å². The van der Waals surface area contributed by atoms with Crippen molar-refractivity contribution >= 4 is 17.5 Å². The van der Waals surface area contributed by atoms with Crippen molar-refractivity contribution in [1.29, 1.82) is 0 Å². The molecule has 0 saturated carbocycles. The predicted octanol–water partition coefficient (Wildman–Crippen LogP) is 3.89. The Labute approximate surface area is 152 Å². The molecule has 4 nitrogen and oxygen atoms in total. The fraction of sp³-hybridized carbons (Fsp3) is 0.421. The summed E-state index contributed by atoms with van der Waals surface area (Å²) in [6.45, 7) is 2.51. The molecule has 25 heavy (non-hydrogen) atoms. The van der Waals surface area contributed by atoms with Crippen molar-refractivity contribution in [3.63, 3.8) is 0 Å². The largest absolute Gasteiger partial charge is 0.364 e. The van der Waals surface area contributed by atoms with Crippen LogP contribution in [0.5, 0.6) is 0 Å². The number of carbonyl (C=O) groups excluding carboxylic acids is 1. The summed E-state index contributed by atoms with van der Waals surface area (Å²) in [4.78, 5) is 19.5. The van der Waals surface area contributed by atoms with Crippen LogP contribution in [0.4, 0.5) is 4.39 Å². The first kappa shape index (κ1) is 18.0. The van der Waals surface area contributed by atoms with Gasteiger partial charge in [-0.3, -0.25) is 9.69 Å². The van der Waals surface area contributed by atoms with Gasteiger partial charge in [-0.15, -0.1) is 0 Å². The molecule has 134 valence electrons. The number of carbonyl (C=O) groups is 1. The molecule has 1 aliphatic rings. The second-order valence-electron chi connectivity index (χ2n) is 6.81. The van der Waals surface area contributed by atoms with Crippen molar-refractivity contribution in [1.82, 2.24) is 14.8 Å². The molecule has 0 radical (unpaired) electrons. The number of nitrogens with zero attached hydrogens (tertiary/aromatic N) is 2. The van der Waals surface area contributed by atoms with E-state index in [4.69, 9.17) is 11.6 Å². The lowest BCUT2D eigenvalue weighted by Crippen LogP contribution is -2.35. The first-order valence-corrected chi connectivity index (χ1v) is 8.88. The highest BCUT2D eigenvalue weighted by Crippen LogP contribution is 2.30. The minimum Gasteiger partial charge on any atom is -0.364 e. The van der Waals surface area contributed by atoms with Crippen LogP contribution in [0.2, 0.25) is 5.02 Å². The molecule has 1 amide bonds. The number of piperidine rings is 1. The number of likely N-dealkylation sites (tertiary alicyclic amines) is 1. The zero-order chi connectivity index (χ0) is 18.0. The van der Waals surface area contributed by atoms with Crippen LogP contribution in [-0.4, -0.2) is 47.9 Å². The maximum absolute atomic E-state index is 13.2. The van der Waals surface area contributed by atoms with E-state index in [1.807, 2.05) is 12.3 Å². The molecule has 1 N–H and O–H groups in total. The van der Waals surface area contributed by atoms with Gasteiger partial charge in [-0.05, 0) is 43.1 Å². The van der Waals surface area contributed by atoms with E-state index in [-0.39, 0.29) is 17.6 Å². The van der Waals surface area contributed by atoms with Gasteiger partial charge in [-0.25, -0.2) is 4.39 Å². The van der Waals surface area contributed by atoms with Gasteiger partial charge < -0.3 is 9.88 Å². The number of aromatic nitrogens is 1. The molecule has 1 fully saturated rings. The van der Waals surface area contributed by atoms with E-state index in [1.165, 1.54) is 12.1 Å². The van der Waals surface area contributed by atoms with Crippen LogP contribution in [0, 0.1) is 5.82 Å². The van der Waals surface area contributed by atoms with E-state index in [9.17, 15) is 9.18 Å². The highest BCUT2D eigenvalue weighted by Gasteiger charge is 2.27. The number of H-pyrrole nitrogens is 1. The number of halogens is 2. The monoisotopic (exact) mass is 363 g/mol. The smallest absolute Gasteiger partial charge is 0.255 e. The summed E-state index contributed by atoms with van der Waals surface area (Å²) in [7, 11) is 3.53. The molecule has 0 unspecified atom stereocenters. The zero-order valence-corrected chi connectivity index (χ0v) is 15.3. The van der Waals surface area contributed by atoms with Gasteiger partial charge in [0.1, 0.15) is 5.82 Å². The SMILES string of the molecule is CN(C)C(=O)c1cc[nH]c1[C@H]1CCCN(Cc2ccc(F)cc2Cl)C1. The van der Waals surface area contributed by atoms with Crippen LogP contribution in [0.15, 0.2) is 30.5 Å². The highest BCUT2D eigenvalue weighted by molar-refractivity contribution is 6.31. The quantitative estimate of drug-likeness (QED) is 0.895. The average Bonchev–Trinajstić information content (AvgIpc) is 3.06. The van der Waals surface area contributed by atoms with Gasteiger partial charge in [0, 0.05) is 50.0 Å². The van der Waals surface area contributed by atoms with Gasteiger partial charge in [0.05, 0.1) is 5.56 Å². The summed E-state index contributed by atoms with van der Waals surface area (Å²) in [5, 5.41) is 0.463. The Morgan fingerprint density at radius 3 is 2.92 bits per heavy atom. The maximum atomic E-state index is 13.2. The molecule has 2 aromatic rings.